The van der Waals surface area contributed by atoms with Gasteiger partial charge in [0.15, 0.2) is 0 Å². The summed E-state index contributed by atoms with van der Waals surface area (Å²) in [6, 6.07) is 68.9. The molecule has 10 aromatic rings. The summed E-state index contributed by atoms with van der Waals surface area (Å²) in [5.74, 6) is 0.133. The molecule has 0 amide bonds. The van der Waals surface area contributed by atoms with Crippen LogP contribution >= 0.6 is 0 Å². The van der Waals surface area contributed by atoms with Crippen molar-refractivity contribution < 1.29 is 0 Å². The Bertz CT molecular complexity index is 3820. The Hall–Kier alpha value is -8.78. The van der Waals surface area contributed by atoms with Crippen molar-refractivity contribution in [1.29, 1.82) is 0 Å². The highest BCUT2D eigenvalue weighted by atomic mass is 15.0. The molecule has 0 saturated carbocycles. The fourth-order valence-corrected chi connectivity index (χ4v) is 10.8. The van der Waals surface area contributed by atoms with Gasteiger partial charge in [0.2, 0.25) is 0 Å². The van der Waals surface area contributed by atoms with Crippen molar-refractivity contribution in [1.82, 2.24) is 4.57 Å². The largest absolute Gasteiger partial charge is 0.309 e. The minimum atomic E-state index is 0.133. The van der Waals surface area contributed by atoms with E-state index in [4.69, 9.17) is 0 Å². The standard InChI is InChI=1S/C72H61N/c1-6-11-14-26-51(8-3)67(56-29-16-13-17-30-56)49-59(40-38-53(10-5)72-65-35-22-20-33-63(65)71(52(9-4)27-15-12-7-2)64-34-21-23-36-66(64)72)55-42-45-61(46-43-55)73-69-37-25-24-32-62(69)68-50-60(44-47-70(68)73)58-41-39-54-28-18-19-31-57(54)48-58/h6-7,9-14,16-48,50,67H,1,4-5,8,15,49H2,2-3H3/b12-7-,14-11-,51-26+,52-27+,53-38+,59-40+. The molecule has 1 nitrogen and oxygen atoms in total. The first-order valence-corrected chi connectivity index (χ1v) is 25.6. The molecule has 0 radical (unpaired) electrons. The zero-order chi connectivity index (χ0) is 50.1. The number of hydrogen-bond donors (Lipinski definition) is 0. The van der Waals surface area contributed by atoms with E-state index in [1.807, 2.05) is 24.3 Å². The van der Waals surface area contributed by atoms with Crippen molar-refractivity contribution in [3.63, 3.8) is 0 Å². The van der Waals surface area contributed by atoms with Crippen LogP contribution in [0.4, 0.5) is 0 Å². The number of fused-ring (bicyclic) bond motifs is 6. The SMILES string of the molecule is C=C/C=C\C=C(/CC)C(C/C(=C\C=C(/C=C)c1c2ccccc2c(/C(C=C)=C/C/C=C\C)c2ccccc12)c1ccc(-n2c3ccccc3c3cc(-c4ccc5ccccc5c4)ccc32)cc1)c1ccccc1. The summed E-state index contributed by atoms with van der Waals surface area (Å²) in [6.07, 6.45) is 26.1. The molecule has 0 saturated heterocycles. The highest BCUT2D eigenvalue weighted by Gasteiger charge is 2.21. The summed E-state index contributed by atoms with van der Waals surface area (Å²) in [7, 11) is 0. The fourth-order valence-electron chi connectivity index (χ4n) is 10.8. The van der Waals surface area contributed by atoms with E-state index in [-0.39, 0.29) is 5.92 Å². The number of rotatable bonds is 17. The van der Waals surface area contributed by atoms with Gasteiger partial charge in [-0.1, -0.05) is 251 Å². The molecule has 73 heavy (non-hydrogen) atoms. The van der Waals surface area contributed by atoms with E-state index in [0.717, 1.165) is 36.1 Å². The summed E-state index contributed by atoms with van der Waals surface area (Å²) in [5, 5.41) is 9.73. The molecule has 1 heteroatoms. The monoisotopic (exact) mass is 939 g/mol. The van der Waals surface area contributed by atoms with Gasteiger partial charge in [-0.25, -0.2) is 0 Å². The van der Waals surface area contributed by atoms with Crippen molar-refractivity contribution in [3.05, 3.63) is 302 Å². The lowest BCUT2D eigenvalue weighted by Gasteiger charge is -2.23. The normalized spacial score (nSPS) is 13.3. The first-order chi connectivity index (χ1) is 36.0. The lowest BCUT2D eigenvalue weighted by Crippen LogP contribution is -2.04. The molecule has 0 bridgehead atoms. The lowest BCUT2D eigenvalue weighted by molar-refractivity contribution is 0.780. The Balaban J connectivity index is 1.13. The fraction of sp³-hybridized carbons (Fsp3) is 0.0833. The van der Waals surface area contributed by atoms with Gasteiger partial charge < -0.3 is 4.57 Å². The number of allylic oxidation sites excluding steroid dienone is 15. The maximum absolute atomic E-state index is 4.48. The van der Waals surface area contributed by atoms with Gasteiger partial charge in [-0.05, 0) is 145 Å². The molecular weight excluding hydrogens is 879 g/mol. The van der Waals surface area contributed by atoms with Gasteiger partial charge in [0.05, 0.1) is 11.0 Å². The van der Waals surface area contributed by atoms with Crippen LogP contribution in [-0.2, 0) is 0 Å². The quantitative estimate of drug-likeness (QED) is 0.0487. The van der Waals surface area contributed by atoms with Crippen LogP contribution in [0.3, 0.4) is 0 Å². The molecule has 1 heterocycles. The second-order valence-corrected chi connectivity index (χ2v) is 18.6. The van der Waals surface area contributed by atoms with Crippen molar-refractivity contribution in [2.24, 2.45) is 0 Å². The van der Waals surface area contributed by atoms with Crippen LogP contribution < -0.4 is 0 Å². The highest BCUT2D eigenvalue weighted by molar-refractivity contribution is 6.17. The first kappa shape index (κ1) is 47.9. The molecule has 0 spiro atoms. The van der Waals surface area contributed by atoms with Gasteiger partial charge in [0.1, 0.15) is 0 Å². The van der Waals surface area contributed by atoms with E-state index in [1.54, 1.807) is 0 Å². The summed E-state index contributed by atoms with van der Waals surface area (Å²) < 4.78 is 2.42. The van der Waals surface area contributed by atoms with Crippen molar-refractivity contribution in [2.45, 2.75) is 39.0 Å². The average Bonchev–Trinajstić information content (AvgIpc) is 3.78. The molecule has 1 aromatic heterocycles. The first-order valence-electron chi connectivity index (χ1n) is 25.6. The Kier molecular flexibility index (Phi) is 14.5. The molecule has 0 aliphatic heterocycles. The third kappa shape index (κ3) is 9.71. The second-order valence-electron chi connectivity index (χ2n) is 18.6. The summed E-state index contributed by atoms with van der Waals surface area (Å²) >= 11 is 0. The number of aromatic nitrogens is 1. The minimum absolute atomic E-state index is 0.133. The predicted octanol–water partition coefficient (Wildman–Crippen LogP) is 20.4. The maximum Gasteiger partial charge on any atom is 0.0541 e. The van der Waals surface area contributed by atoms with Gasteiger partial charge in [-0.15, -0.1) is 0 Å². The lowest BCUT2D eigenvalue weighted by atomic mass is 9.82. The molecule has 0 aliphatic rings. The molecule has 354 valence electrons. The Morgan fingerprint density at radius 2 is 1.11 bits per heavy atom. The topological polar surface area (TPSA) is 4.93 Å². The number of benzene rings is 9. The van der Waals surface area contributed by atoms with E-state index in [1.165, 1.54) is 98.7 Å². The molecule has 1 unspecified atom stereocenters. The zero-order valence-corrected chi connectivity index (χ0v) is 42.0. The third-order valence-electron chi connectivity index (χ3n) is 14.4. The molecule has 9 aromatic carbocycles. The molecule has 0 fully saturated rings. The zero-order valence-electron chi connectivity index (χ0n) is 42.0. The smallest absolute Gasteiger partial charge is 0.0541 e. The van der Waals surface area contributed by atoms with Gasteiger partial charge in [0, 0.05) is 22.4 Å². The average molecular weight is 940 g/mol. The van der Waals surface area contributed by atoms with Crippen LogP contribution in [0.5, 0.6) is 0 Å². The van der Waals surface area contributed by atoms with E-state index in [9.17, 15) is 0 Å². The van der Waals surface area contributed by atoms with Crippen molar-refractivity contribution in [3.8, 4) is 16.8 Å². The minimum Gasteiger partial charge on any atom is -0.309 e. The van der Waals surface area contributed by atoms with E-state index in [0.29, 0.717) is 0 Å². The van der Waals surface area contributed by atoms with Crippen LogP contribution in [0.15, 0.2) is 280 Å². The van der Waals surface area contributed by atoms with Crippen LogP contribution in [0.2, 0.25) is 0 Å². The van der Waals surface area contributed by atoms with Crippen LogP contribution in [0.1, 0.15) is 61.3 Å². The van der Waals surface area contributed by atoms with Gasteiger partial charge in [-0.3, -0.25) is 0 Å². The Morgan fingerprint density at radius 1 is 0.521 bits per heavy atom. The number of para-hydroxylation sites is 1. The Labute approximate surface area is 431 Å². The third-order valence-corrected chi connectivity index (χ3v) is 14.4. The number of hydrogen-bond acceptors (Lipinski definition) is 0. The van der Waals surface area contributed by atoms with Gasteiger partial charge in [0.25, 0.3) is 0 Å². The predicted molar refractivity (Wildman–Crippen MR) is 320 cm³/mol. The van der Waals surface area contributed by atoms with E-state index in [2.05, 4.69) is 269 Å². The number of nitrogens with zero attached hydrogens (tertiary/aromatic N) is 1. The Morgan fingerprint density at radius 3 is 1.77 bits per heavy atom. The summed E-state index contributed by atoms with van der Waals surface area (Å²) in [4.78, 5) is 0. The summed E-state index contributed by atoms with van der Waals surface area (Å²) in [5.41, 5.74) is 15.6. The van der Waals surface area contributed by atoms with Crippen LogP contribution in [0.25, 0.3) is 87.7 Å². The molecule has 0 N–H and O–H groups in total. The second kappa shape index (κ2) is 22.1. The van der Waals surface area contributed by atoms with Gasteiger partial charge in [-0.2, -0.15) is 0 Å². The van der Waals surface area contributed by atoms with Crippen molar-refractivity contribution >= 4 is 70.8 Å². The van der Waals surface area contributed by atoms with E-state index < -0.39 is 0 Å². The van der Waals surface area contributed by atoms with Gasteiger partial charge >= 0.3 is 0 Å². The van der Waals surface area contributed by atoms with E-state index >= 15 is 0 Å². The van der Waals surface area contributed by atoms with Crippen molar-refractivity contribution in [2.75, 3.05) is 0 Å². The molecule has 10 rings (SSSR count). The van der Waals surface area contributed by atoms with Crippen LogP contribution in [0, 0.1) is 0 Å². The molecule has 1 atom stereocenters. The van der Waals surface area contributed by atoms with Crippen LogP contribution in [-0.4, -0.2) is 4.57 Å². The molecular formula is C72H61N. The highest BCUT2D eigenvalue weighted by Crippen LogP contribution is 2.43. The molecule has 0 aliphatic carbocycles. The summed E-state index contributed by atoms with van der Waals surface area (Å²) in [6.45, 7) is 17.1. The maximum atomic E-state index is 4.48.